The van der Waals surface area contributed by atoms with Gasteiger partial charge in [-0.1, -0.05) is 109 Å². The predicted octanol–water partition coefficient (Wildman–Crippen LogP) is 9.18. The summed E-state index contributed by atoms with van der Waals surface area (Å²) in [4.78, 5) is 71.1. The molecule has 0 radical (unpaired) electrons. The van der Waals surface area contributed by atoms with E-state index in [2.05, 4.69) is 20.9 Å². The first-order valence-corrected chi connectivity index (χ1v) is 24.8. The Morgan fingerprint density at radius 2 is 1.08 bits per heavy atom. The molecule has 65 heavy (non-hydrogen) atoms. The molecule has 2 aromatic heterocycles. The quantitative estimate of drug-likeness (QED) is 0.0180. The van der Waals surface area contributed by atoms with Crippen LogP contribution < -0.4 is 31.8 Å². The van der Waals surface area contributed by atoms with Gasteiger partial charge in [-0.05, 0) is 69.2 Å². The van der Waals surface area contributed by atoms with E-state index in [-0.39, 0.29) is 22.3 Å². The number of carboxylic acid groups (broad SMARTS) is 2. The molecule has 0 atom stereocenters. The summed E-state index contributed by atoms with van der Waals surface area (Å²) >= 11 is 2.10. The van der Waals surface area contributed by atoms with Gasteiger partial charge in [-0.15, -0.1) is 0 Å². The number of anilines is 2. The molecule has 14 nitrogen and oxygen atoms in total. The van der Waals surface area contributed by atoms with Crippen LogP contribution in [0.2, 0.25) is 0 Å². The Morgan fingerprint density at radius 1 is 0.615 bits per heavy atom. The molecule has 1 aliphatic carbocycles. The Labute approximate surface area is 384 Å². The molecular formula is C50H66N4O10S. The lowest BCUT2D eigenvalue weighted by atomic mass is 10.0. The molecule has 0 aliphatic heterocycles. The van der Waals surface area contributed by atoms with Crippen molar-refractivity contribution in [3.63, 3.8) is 0 Å². The van der Waals surface area contributed by atoms with E-state index in [0.717, 1.165) is 62.1 Å². The van der Waals surface area contributed by atoms with E-state index in [4.69, 9.17) is 26.0 Å². The first-order valence-electron chi connectivity index (χ1n) is 23.7. The SMILES string of the molecule is Cc1c(N)c2c(OC3(C(=O)O)C(=O)C3=O)cccc2n1CCCCCCCCCCCCSCCCCCCCCCCCCn1c(C)c(N)c2c(OCC(=O)O)c3c(=O)c(=O)c3cc21. The van der Waals surface area contributed by atoms with Gasteiger partial charge in [-0.25, -0.2) is 9.59 Å². The van der Waals surface area contributed by atoms with Gasteiger partial charge in [0.25, 0.3) is 11.6 Å². The van der Waals surface area contributed by atoms with Crippen LogP contribution in [0.5, 0.6) is 11.5 Å². The van der Waals surface area contributed by atoms with Gasteiger partial charge in [0.15, 0.2) is 6.61 Å². The number of carbonyl (C=O) groups excluding carboxylic acids is 2. The summed E-state index contributed by atoms with van der Waals surface area (Å²) in [5.41, 5.74) is 13.2. The van der Waals surface area contributed by atoms with Crippen LogP contribution in [0.25, 0.3) is 32.6 Å². The number of aliphatic carboxylic acids is 2. The van der Waals surface area contributed by atoms with Gasteiger partial charge in [0.2, 0.25) is 10.9 Å². The molecule has 0 bridgehead atoms. The molecule has 0 amide bonds. The second-order valence-corrected chi connectivity index (χ2v) is 19.0. The van der Waals surface area contributed by atoms with Gasteiger partial charge in [0, 0.05) is 29.9 Å². The molecule has 1 saturated carbocycles. The number of rotatable bonds is 32. The summed E-state index contributed by atoms with van der Waals surface area (Å²) in [6, 6.07) is 6.86. The Morgan fingerprint density at radius 3 is 1.55 bits per heavy atom. The highest BCUT2D eigenvalue weighted by molar-refractivity contribution is 7.99. The summed E-state index contributed by atoms with van der Waals surface area (Å²) in [6.45, 7) is 4.67. The molecule has 6 rings (SSSR count). The molecule has 0 unspecified atom stereocenters. The normalized spacial score (nSPS) is 13.5. The Hall–Kier alpha value is -5.31. The first-order chi connectivity index (χ1) is 31.3. The van der Waals surface area contributed by atoms with Crippen molar-refractivity contribution in [3.8, 4) is 11.5 Å². The number of hydrogen-bond acceptors (Lipinski definition) is 11. The number of unbranched alkanes of at least 4 members (excludes halogenated alkanes) is 18. The van der Waals surface area contributed by atoms with Crippen molar-refractivity contribution in [1.82, 2.24) is 9.13 Å². The lowest BCUT2D eigenvalue weighted by Crippen LogP contribution is -2.34. The van der Waals surface area contributed by atoms with Gasteiger partial charge < -0.3 is 40.3 Å². The van der Waals surface area contributed by atoms with E-state index < -0.39 is 46.6 Å². The van der Waals surface area contributed by atoms with E-state index in [1.807, 2.05) is 19.9 Å². The van der Waals surface area contributed by atoms with E-state index >= 15 is 0 Å². The summed E-state index contributed by atoms with van der Waals surface area (Å²) in [5.74, 6) is -2.13. The van der Waals surface area contributed by atoms with Crippen molar-refractivity contribution in [1.29, 1.82) is 0 Å². The number of aryl methyl sites for hydroxylation is 2. The van der Waals surface area contributed by atoms with Crippen LogP contribution in [0.4, 0.5) is 11.4 Å². The van der Waals surface area contributed by atoms with Crippen LogP contribution in [-0.2, 0) is 32.3 Å². The molecule has 3 aromatic carbocycles. The maximum Gasteiger partial charge on any atom is 0.365 e. The van der Waals surface area contributed by atoms with Gasteiger partial charge in [0.1, 0.15) is 11.5 Å². The van der Waals surface area contributed by atoms with E-state index in [0.29, 0.717) is 27.7 Å². The zero-order chi connectivity index (χ0) is 46.7. The number of ketones is 2. The molecule has 0 spiro atoms. The highest BCUT2D eigenvalue weighted by Gasteiger charge is 2.75. The summed E-state index contributed by atoms with van der Waals surface area (Å²) in [7, 11) is 0. The van der Waals surface area contributed by atoms with Crippen molar-refractivity contribution in [3.05, 3.63) is 56.1 Å². The molecular weight excluding hydrogens is 849 g/mol. The van der Waals surface area contributed by atoms with Gasteiger partial charge >= 0.3 is 17.5 Å². The van der Waals surface area contributed by atoms with Gasteiger partial charge in [0.05, 0.1) is 38.6 Å². The fourth-order valence-corrected chi connectivity index (χ4v) is 10.3. The largest absolute Gasteiger partial charge is 0.480 e. The van der Waals surface area contributed by atoms with Crippen molar-refractivity contribution < 1.29 is 38.9 Å². The fourth-order valence-electron chi connectivity index (χ4n) is 9.26. The third-order valence-corrected chi connectivity index (χ3v) is 14.3. The van der Waals surface area contributed by atoms with Crippen LogP contribution in [0.3, 0.4) is 0 Å². The van der Waals surface area contributed by atoms with Crippen LogP contribution >= 0.6 is 11.8 Å². The number of Topliss-reactive ketones (excluding diaryl/α,β-unsaturated/α-hetero) is 2. The number of nitrogen functional groups attached to an aromatic ring is 2. The number of nitrogens with two attached hydrogens (primary N) is 2. The van der Waals surface area contributed by atoms with Crippen molar-refractivity contribution in [2.24, 2.45) is 0 Å². The average Bonchev–Trinajstić information content (AvgIpc) is 3.58. The number of fused-ring (bicyclic) bond motifs is 3. The van der Waals surface area contributed by atoms with Crippen LogP contribution in [0.15, 0.2) is 33.9 Å². The molecule has 352 valence electrons. The number of nitrogens with zero attached hydrogens (tertiary/aromatic N) is 2. The number of aromatic nitrogens is 2. The fraction of sp³-hybridized carbons (Fsp3) is 0.560. The number of hydrogen-bond donors (Lipinski definition) is 4. The number of carboxylic acids is 2. The monoisotopic (exact) mass is 914 g/mol. The maximum absolute atomic E-state index is 12.3. The first kappa shape index (κ1) is 49.1. The van der Waals surface area contributed by atoms with E-state index in [1.54, 1.807) is 18.2 Å². The maximum atomic E-state index is 12.3. The minimum atomic E-state index is -2.45. The Bertz CT molecular complexity index is 2570. The second kappa shape index (κ2) is 22.7. The highest BCUT2D eigenvalue weighted by atomic mass is 32.2. The van der Waals surface area contributed by atoms with Crippen LogP contribution in [0, 0.1) is 13.8 Å². The minimum Gasteiger partial charge on any atom is -0.480 e. The summed E-state index contributed by atoms with van der Waals surface area (Å²) in [5, 5.41) is 20.1. The molecule has 0 saturated heterocycles. The van der Waals surface area contributed by atoms with E-state index in [1.165, 1.54) is 108 Å². The van der Waals surface area contributed by atoms with Crippen molar-refractivity contribution >= 4 is 79.2 Å². The number of carbonyl (C=O) groups is 4. The zero-order valence-corrected chi connectivity index (χ0v) is 38.9. The van der Waals surface area contributed by atoms with Crippen molar-refractivity contribution in [2.45, 2.75) is 161 Å². The smallest absolute Gasteiger partial charge is 0.365 e. The minimum absolute atomic E-state index is 0.103. The lowest BCUT2D eigenvalue weighted by Gasteiger charge is -2.12. The van der Waals surface area contributed by atoms with Gasteiger partial charge in [-0.2, -0.15) is 11.8 Å². The van der Waals surface area contributed by atoms with Gasteiger partial charge in [-0.3, -0.25) is 19.2 Å². The van der Waals surface area contributed by atoms with Crippen molar-refractivity contribution in [2.75, 3.05) is 29.6 Å². The molecule has 6 N–H and O–H groups in total. The summed E-state index contributed by atoms with van der Waals surface area (Å²) in [6.07, 6.45) is 24.4. The molecule has 5 aromatic rings. The highest BCUT2D eigenvalue weighted by Crippen LogP contribution is 2.42. The number of ether oxygens (including phenoxy) is 2. The Balaban J connectivity index is 0.721. The third-order valence-electron chi connectivity index (χ3n) is 13.2. The topological polar surface area (TPSA) is 223 Å². The third kappa shape index (κ3) is 11.0. The molecule has 2 heterocycles. The Kier molecular flexibility index (Phi) is 17.2. The summed E-state index contributed by atoms with van der Waals surface area (Å²) < 4.78 is 15.2. The molecule has 15 heteroatoms. The number of thioether (sulfide) groups is 1. The van der Waals surface area contributed by atoms with E-state index in [9.17, 15) is 33.9 Å². The number of benzene rings is 2. The van der Waals surface area contributed by atoms with Crippen LogP contribution in [0.1, 0.15) is 140 Å². The lowest BCUT2D eigenvalue weighted by molar-refractivity contribution is -0.150. The average molecular weight is 915 g/mol. The predicted molar refractivity (Wildman–Crippen MR) is 258 cm³/mol. The second-order valence-electron chi connectivity index (χ2n) is 17.7. The molecule has 1 fully saturated rings. The zero-order valence-electron chi connectivity index (χ0n) is 38.1. The standard InChI is InChI=1S/C50H66N4O10S/c1-32-42(51)40-35(24-23-25-37(40)64-50(49(61)62)47(59)48(50)60)53(32)26-19-15-11-7-3-5-9-13-17-21-28-65-29-22-18-14-10-6-4-8-12-16-20-27-54-33(2)43(52)41-36(54)30-34-39(45(58)44(34)57)46(41)63-31-38(55)56/h23-25,30H,3-22,26-29,31,51-52H2,1-2H3,(H,55,56)(H,61,62). The molecule has 1 aliphatic rings. The van der Waals surface area contributed by atoms with Crippen LogP contribution in [-0.4, -0.2) is 66.6 Å².